The van der Waals surface area contributed by atoms with Gasteiger partial charge in [0.25, 0.3) is 5.91 Å². The molecule has 2 aromatic carbocycles. The van der Waals surface area contributed by atoms with Gasteiger partial charge in [-0.05, 0) is 23.1 Å². The molecule has 28 heavy (non-hydrogen) atoms. The molecule has 0 spiro atoms. The summed E-state index contributed by atoms with van der Waals surface area (Å²) in [6, 6.07) is 19.2. The van der Waals surface area contributed by atoms with Crippen LogP contribution in [0.2, 0.25) is 0 Å². The van der Waals surface area contributed by atoms with E-state index < -0.39 is 0 Å². The average molecular weight is 414 g/mol. The van der Waals surface area contributed by atoms with Gasteiger partial charge in [-0.25, -0.2) is 4.98 Å². The highest BCUT2D eigenvalue weighted by Crippen LogP contribution is 2.25. The van der Waals surface area contributed by atoms with Crippen LogP contribution in [0, 0.1) is 0 Å². The molecule has 0 saturated carbocycles. The van der Waals surface area contributed by atoms with Crippen molar-refractivity contribution >= 4 is 29.7 Å². The molecule has 1 fully saturated rings. The number of halogens is 1. The van der Waals surface area contributed by atoms with Gasteiger partial charge in [-0.15, -0.1) is 23.7 Å². The maximum atomic E-state index is 12.6. The summed E-state index contributed by atoms with van der Waals surface area (Å²) in [4.78, 5) is 21.1. The van der Waals surface area contributed by atoms with Gasteiger partial charge in [-0.2, -0.15) is 0 Å². The van der Waals surface area contributed by atoms with Crippen molar-refractivity contribution in [2.24, 2.45) is 0 Å². The van der Waals surface area contributed by atoms with Crippen molar-refractivity contribution < 1.29 is 4.79 Å². The van der Waals surface area contributed by atoms with Crippen molar-refractivity contribution in [3.63, 3.8) is 0 Å². The van der Waals surface area contributed by atoms with Gasteiger partial charge in [0.15, 0.2) is 0 Å². The molecule has 1 aliphatic rings. The first-order valence-electron chi connectivity index (χ1n) is 9.34. The third kappa shape index (κ3) is 4.79. The first-order chi connectivity index (χ1) is 13.3. The van der Waals surface area contributed by atoms with Crippen LogP contribution in [0.4, 0.5) is 0 Å². The van der Waals surface area contributed by atoms with Crippen molar-refractivity contribution in [1.82, 2.24) is 14.8 Å². The van der Waals surface area contributed by atoms with E-state index in [-0.39, 0.29) is 18.3 Å². The second-order valence-electron chi connectivity index (χ2n) is 6.82. The minimum absolute atomic E-state index is 0. The highest BCUT2D eigenvalue weighted by molar-refractivity contribution is 7.07. The molecule has 1 aromatic heterocycles. The van der Waals surface area contributed by atoms with E-state index >= 15 is 0 Å². The average Bonchev–Trinajstić information content (AvgIpc) is 3.16. The zero-order valence-corrected chi connectivity index (χ0v) is 17.3. The van der Waals surface area contributed by atoms with Crippen LogP contribution in [0.25, 0.3) is 11.1 Å². The summed E-state index contributed by atoms with van der Waals surface area (Å²) in [5.41, 5.74) is 6.17. The topological polar surface area (TPSA) is 36.4 Å². The molecule has 3 aromatic rings. The lowest BCUT2D eigenvalue weighted by Crippen LogP contribution is -2.35. The first kappa shape index (κ1) is 20.5. The molecule has 0 radical (unpaired) electrons. The summed E-state index contributed by atoms with van der Waals surface area (Å²) in [6.45, 7) is 4.35. The van der Waals surface area contributed by atoms with Crippen molar-refractivity contribution in [3.8, 4) is 11.1 Å². The molecule has 0 N–H and O–H groups in total. The molecule has 0 bridgehead atoms. The largest absolute Gasteiger partial charge is 0.336 e. The number of rotatable bonds is 4. The predicted molar refractivity (Wildman–Crippen MR) is 117 cm³/mol. The van der Waals surface area contributed by atoms with Gasteiger partial charge in [0.2, 0.25) is 0 Å². The third-order valence-electron chi connectivity index (χ3n) is 5.02. The summed E-state index contributed by atoms with van der Waals surface area (Å²) in [7, 11) is 0. The lowest BCUT2D eigenvalue weighted by atomic mass is 9.99. The van der Waals surface area contributed by atoms with E-state index in [0.29, 0.717) is 5.69 Å². The minimum atomic E-state index is 0. The number of carbonyl (C=O) groups excluding carboxylic acids is 1. The smallest absolute Gasteiger partial charge is 0.273 e. The van der Waals surface area contributed by atoms with Crippen LogP contribution >= 0.6 is 23.7 Å². The highest BCUT2D eigenvalue weighted by Gasteiger charge is 2.21. The van der Waals surface area contributed by atoms with Crippen LogP contribution < -0.4 is 0 Å². The number of thiazole rings is 1. The van der Waals surface area contributed by atoms with Gasteiger partial charge in [0, 0.05) is 38.1 Å². The van der Waals surface area contributed by atoms with Crippen LogP contribution in [-0.4, -0.2) is 46.9 Å². The van der Waals surface area contributed by atoms with E-state index in [1.54, 1.807) is 5.51 Å². The zero-order chi connectivity index (χ0) is 18.5. The lowest BCUT2D eigenvalue weighted by molar-refractivity contribution is 0.0756. The Morgan fingerprint density at radius 3 is 2.54 bits per heavy atom. The predicted octanol–water partition coefficient (Wildman–Crippen LogP) is 4.58. The van der Waals surface area contributed by atoms with Crippen molar-refractivity contribution in [2.75, 3.05) is 26.2 Å². The Labute approximate surface area is 176 Å². The molecule has 4 nitrogen and oxygen atoms in total. The lowest BCUT2D eigenvalue weighted by Gasteiger charge is -2.22. The summed E-state index contributed by atoms with van der Waals surface area (Å²) >= 11 is 1.47. The van der Waals surface area contributed by atoms with Crippen LogP contribution in [-0.2, 0) is 6.54 Å². The van der Waals surface area contributed by atoms with Crippen molar-refractivity contribution in [1.29, 1.82) is 0 Å². The van der Waals surface area contributed by atoms with Gasteiger partial charge in [-0.1, -0.05) is 54.6 Å². The van der Waals surface area contributed by atoms with E-state index in [9.17, 15) is 4.79 Å². The minimum Gasteiger partial charge on any atom is -0.336 e. The summed E-state index contributed by atoms with van der Waals surface area (Å²) in [6.07, 6.45) is 0.989. The number of carbonyl (C=O) groups is 1. The molecule has 0 atom stereocenters. The summed E-state index contributed by atoms with van der Waals surface area (Å²) in [5.74, 6) is 0.0581. The molecule has 1 saturated heterocycles. The fraction of sp³-hybridized carbons (Fsp3) is 0.273. The Hall–Kier alpha value is -2.21. The van der Waals surface area contributed by atoms with E-state index in [1.165, 1.54) is 28.0 Å². The summed E-state index contributed by atoms with van der Waals surface area (Å²) < 4.78 is 0. The standard InChI is InChI=1S/C22H23N3OS.ClH/c26-22(21-16-27-17-23-21)25-12-6-11-24(13-14-25)15-19-9-4-5-10-20(19)18-7-2-1-3-8-18;/h1-5,7-10,16-17H,6,11-15H2;1H. The molecule has 1 amide bonds. The maximum Gasteiger partial charge on any atom is 0.273 e. The number of aromatic nitrogens is 1. The van der Waals surface area contributed by atoms with Gasteiger partial charge in [0.1, 0.15) is 5.69 Å². The molecule has 6 heteroatoms. The molecule has 0 unspecified atom stereocenters. The van der Waals surface area contributed by atoms with E-state index in [4.69, 9.17) is 0 Å². The maximum absolute atomic E-state index is 12.6. The number of nitrogens with zero attached hydrogens (tertiary/aromatic N) is 3. The SMILES string of the molecule is Cl.O=C(c1cscn1)N1CCCN(Cc2ccccc2-c2ccccc2)CC1. The Bertz CT molecular complexity index is 886. The fourth-order valence-corrected chi connectivity index (χ4v) is 4.14. The van der Waals surface area contributed by atoms with Crippen LogP contribution in [0.1, 0.15) is 22.5 Å². The van der Waals surface area contributed by atoms with Gasteiger partial charge in [0.05, 0.1) is 5.51 Å². The Balaban J connectivity index is 0.00000225. The van der Waals surface area contributed by atoms with Crippen LogP contribution in [0.5, 0.6) is 0 Å². The second-order valence-corrected chi connectivity index (χ2v) is 7.54. The number of amides is 1. The monoisotopic (exact) mass is 413 g/mol. The third-order valence-corrected chi connectivity index (χ3v) is 5.61. The van der Waals surface area contributed by atoms with Crippen molar-refractivity contribution in [3.05, 3.63) is 76.7 Å². The van der Waals surface area contributed by atoms with E-state index in [1.807, 2.05) is 10.3 Å². The Morgan fingerprint density at radius 1 is 0.964 bits per heavy atom. The molecule has 1 aliphatic heterocycles. The van der Waals surface area contributed by atoms with Gasteiger partial charge >= 0.3 is 0 Å². The molecule has 4 rings (SSSR count). The first-order valence-corrected chi connectivity index (χ1v) is 10.3. The van der Waals surface area contributed by atoms with Gasteiger partial charge < -0.3 is 4.90 Å². The molecule has 2 heterocycles. The summed E-state index contributed by atoms with van der Waals surface area (Å²) in [5, 5.41) is 1.83. The fourth-order valence-electron chi connectivity index (χ4n) is 3.61. The molecule has 0 aliphatic carbocycles. The number of hydrogen-bond acceptors (Lipinski definition) is 4. The number of benzene rings is 2. The van der Waals surface area contributed by atoms with Crippen LogP contribution in [0.15, 0.2) is 65.5 Å². The van der Waals surface area contributed by atoms with Crippen LogP contribution in [0.3, 0.4) is 0 Å². The Kier molecular flexibility index (Phi) is 7.20. The van der Waals surface area contributed by atoms with E-state index in [2.05, 4.69) is 64.5 Å². The Morgan fingerprint density at radius 2 is 1.75 bits per heavy atom. The molecular weight excluding hydrogens is 390 g/mol. The van der Waals surface area contributed by atoms with Gasteiger partial charge in [-0.3, -0.25) is 9.69 Å². The normalized spacial score (nSPS) is 14.9. The second kappa shape index (κ2) is 9.82. The molecular formula is C22H24ClN3OS. The van der Waals surface area contributed by atoms with Crippen molar-refractivity contribution in [2.45, 2.75) is 13.0 Å². The number of hydrogen-bond donors (Lipinski definition) is 0. The molecule has 146 valence electrons. The quantitative estimate of drug-likeness (QED) is 0.628. The zero-order valence-electron chi connectivity index (χ0n) is 15.7. The van der Waals surface area contributed by atoms with E-state index in [0.717, 1.165) is 39.1 Å². The highest BCUT2D eigenvalue weighted by atomic mass is 35.5.